The Morgan fingerprint density at radius 2 is 1.83 bits per heavy atom. The van der Waals surface area contributed by atoms with Crippen LogP contribution < -0.4 is 0 Å². The molecular formula is C19H20N2O3. The van der Waals surface area contributed by atoms with E-state index in [1.54, 1.807) is 6.21 Å². The summed E-state index contributed by atoms with van der Waals surface area (Å²) in [4.78, 5) is 15.3. The zero-order chi connectivity index (χ0) is 16.9. The Morgan fingerprint density at radius 1 is 1.12 bits per heavy atom. The van der Waals surface area contributed by atoms with Crippen molar-refractivity contribution >= 4 is 11.9 Å². The smallest absolute Gasteiger partial charge is 0.270 e. The van der Waals surface area contributed by atoms with Crippen LogP contribution in [0.1, 0.15) is 37.7 Å². The topological polar surface area (TPSA) is 75.7 Å². The molecule has 0 aromatic heterocycles. The van der Waals surface area contributed by atoms with Gasteiger partial charge >= 0.3 is 0 Å². The molecule has 0 heterocycles. The van der Waals surface area contributed by atoms with E-state index in [1.165, 1.54) is 18.6 Å². The highest BCUT2D eigenvalue weighted by atomic mass is 16.6. The van der Waals surface area contributed by atoms with Gasteiger partial charge < -0.3 is 5.11 Å². The molecular weight excluding hydrogens is 304 g/mol. The van der Waals surface area contributed by atoms with Gasteiger partial charge in [0.05, 0.1) is 4.92 Å². The molecule has 124 valence electrons. The standard InChI is InChI=1S/C19H20N2O3/c22-19-15(13-20-16-9-5-2-6-10-16)11-17(21(23)24)12-18(19)14-7-3-1-4-8-14/h1,3-4,7-8,11-13,16,22H,2,5-6,9-10H2. The second-order valence-electron chi connectivity index (χ2n) is 6.12. The van der Waals surface area contributed by atoms with Crippen LogP contribution >= 0.6 is 0 Å². The fourth-order valence-electron chi connectivity index (χ4n) is 3.10. The Kier molecular flexibility index (Phi) is 4.89. The zero-order valence-electron chi connectivity index (χ0n) is 13.4. The van der Waals surface area contributed by atoms with Gasteiger partial charge in [-0.2, -0.15) is 0 Å². The number of non-ortho nitro benzene ring substituents is 1. The van der Waals surface area contributed by atoms with Gasteiger partial charge in [0, 0.05) is 35.5 Å². The van der Waals surface area contributed by atoms with Crippen LogP contribution in [0.25, 0.3) is 11.1 Å². The minimum absolute atomic E-state index is 0.0337. The molecule has 2 aromatic rings. The molecule has 0 unspecified atom stereocenters. The van der Waals surface area contributed by atoms with Gasteiger partial charge in [0.25, 0.3) is 5.69 Å². The monoisotopic (exact) mass is 324 g/mol. The Bertz CT molecular complexity index is 751. The van der Waals surface area contributed by atoms with Gasteiger partial charge in [-0.25, -0.2) is 0 Å². The highest BCUT2D eigenvalue weighted by Crippen LogP contribution is 2.35. The van der Waals surface area contributed by atoms with E-state index in [0.717, 1.165) is 31.2 Å². The second-order valence-corrected chi connectivity index (χ2v) is 6.12. The lowest BCUT2D eigenvalue weighted by molar-refractivity contribution is -0.384. The van der Waals surface area contributed by atoms with Crippen molar-refractivity contribution in [2.24, 2.45) is 4.99 Å². The largest absolute Gasteiger partial charge is 0.507 e. The fourth-order valence-corrected chi connectivity index (χ4v) is 3.10. The van der Waals surface area contributed by atoms with Crippen molar-refractivity contribution < 1.29 is 10.0 Å². The Morgan fingerprint density at radius 3 is 2.50 bits per heavy atom. The lowest BCUT2D eigenvalue weighted by Crippen LogP contribution is -2.09. The van der Waals surface area contributed by atoms with Crippen molar-refractivity contribution in [3.63, 3.8) is 0 Å². The molecule has 1 N–H and O–H groups in total. The number of nitrogens with zero attached hydrogens (tertiary/aromatic N) is 2. The number of hydrogen-bond acceptors (Lipinski definition) is 4. The lowest BCUT2D eigenvalue weighted by Gasteiger charge is -2.17. The second kappa shape index (κ2) is 7.25. The molecule has 0 atom stereocenters. The minimum atomic E-state index is -0.441. The number of nitro groups is 1. The number of rotatable bonds is 4. The van der Waals surface area contributed by atoms with Gasteiger partial charge in [-0.15, -0.1) is 0 Å². The van der Waals surface area contributed by atoms with E-state index in [-0.39, 0.29) is 17.5 Å². The van der Waals surface area contributed by atoms with E-state index in [9.17, 15) is 15.2 Å². The van der Waals surface area contributed by atoms with Crippen molar-refractivity contribution in [3.05, 3.63) is 58.1 Å². The first-order valence-corrected chi connectivity index (χ1v) is 8.25. The van der Waals surface area contributed by atoms with Crippen LogP contribution in [0.5, 0.6) is 5.75 Å². The molecule has 5 nitrogen and oxygen atoms in total. The van der Waals surface area contributed by atoms with E-state index >= 15 is 0 Å². The number of aromatic hydroxyl groups is 1. The quantitative estimate of drug-likeness (QED) is 0.502. The SMILES string of the molecule is O=[N+]([O-])c1cc(C=NC2CCCCC2)c(O)c(-c2ccccc2)c1. The Hall–Kier alpha value is -2.69. The summed E-state index contributed by atoms with van der Waals surface area (Å²) >= 11 is 0. The van der Waals surface area contributed by atoms with Crippen molar-refractivity contribution in [3.8, 4) is 16.9 Å². The maximum Gasteiger partial charge on any atom is 0.270 e. The third-order valence-electron chi connectivity index (χ3n) is 4.42. The molecule has 0 saturated heterocycles. The van der Waals surface area contributed by atoms with Crippen molar-refractivity contribution in [1.82, 2.24) is 0 Å². The molecule has 1 fully saturated rings. The molecule has 5 heteroatoms. The summed E-state index contributed by atoms with van der Waals surface area (Å²) in [5.74, 6) is 0.0337. The van der Waals surface area contributed by atoms with Gasteiger partial charge in [0.2, 0.25) is 0 Å². The van der Waals surface area contributed by atoms with Crippen molar-refractivity contribution in [2.75, 3.05) is 0 Å². The predicted molar refractivity (Wildman–Crippen MR) is 94.7 cm³/mol. The van der Waals surface area contributed by atoms with Gasteiger partial charge in [0.15, 0.2) is 0 Å². The van der Waals surface area contributed by atoms with Crippen LogP contribution in [0.15, 0.2) is 47.5 Å². The normalized spacial score (nSPS) is 15.7. The molecule has 0 amide bonds. The Labute approximate surface area is 140 Å². The summed E-state index contributed by atoms with van der Waals surface area (Å²) in [5, 5.41) is 21.8. The molecule has 2 aromatic carbocycles. The first-order chi connectivity index (χ1) is 11.6. The van der Waals surface area contributed by atoms with Crippen LogP contribution in [0.2, 0.25) is 0 Å². The van der Waals surface area contributed by atoms with Gasteiger partial charge in [-0.05, 0) is 18.4 Å². The summed E-state index contributed by atoms with van der Waals surface area (Å²) in [6, 6.07) is 12.2. The van der Waals surface area contributed by atoms with E-state index in [1.807, 2.05) is 30.3 Å². The number of aliphatic imine (C=N–C) groups is 1. The third-order valence-corrected chi connectivity index (χ3v) is 4.42. The van der Waals surface area contributed by atoms with E-state index < -0.39 is 4.92 Å². The van der Waals surface area contributed by atoms with Crippen LogP contribution in [-0.2, 0) is 0 Å². The first kappa shape index (κ1) is 16.2. The number of phenolic OH excluding ortho intramolecular Hbond substituents is 1. The highest BCUT2D eigenvalue weighted by molar-refractivity contribution is 5.90. The number of nitro benzene ring substituents is 1. The van der Waals surface area contributed by atoms with Crippen molar-refractivity contribution in [1.29, 1.82) is 0 Å². The summed E-state index contributed by atoms with van der Waals surface area (Å²) in [7, 11) is 0. The summed E-state index contributed by atoms with van der Waals surface area (Å²) in [6.07, 6.45) is 7.24. The average Bonchev–Trinajstić information content (AvgIpc) is 2.62. The number of benzene rings is 2. The lowest BCUT2D eigenvalue weighted by atomic mass is 9.96. The molecule has 3 rings (SSSR count). The molecule has 1 aliphatic carbocycles. The molecule has 0 spiro atoms. The zero-order valence-corrected chi connectivity index (χ0v) is 13.4. The predicted octanol–water partition coefficient (Wildman–Crippen LogP) is 4.72. The molecule has 24 heavy (non-hydrogen) atoms. The molecule has 1 aliphatic rings. The maximum atomic E-state index is 11.2. The first-order valence-electron chi connectivity index (χ1n) is 8.25. The van der Waals surface area contributed by atoms with Gasteiger partial charge in [-0.1, -0.05) is 49.6 Å². The summed E-state index contributed by atoms with van der Waals surface area (Å²) < 4.78 is 0. The Balaban J connectivity index is 2.00. The third kappa shape index (κ3) is 3.62. The van der Waals surface area contributed by atoms with Crippen LogP contribution in [0.3, 0.4) is 0 Å². The maximum absolute atomic E-state index is 11.2. The van der Waals surface area contributed by atoms with E-state index in [4.69, 9.17) is 0 Å². The van der Waals surface area contributed by atoms with Crippen molar-refractivity contribution in [2.45, 2.75) is 38.1 Å². The molecule has 1 saturated carbocycles. The summed E-state index contributed by atoms with van der Waals surface area (Å²) in [6.45, 7) is 0. The van der Waals surface area contributed by atoms with Gasteiger partial charge in [-0.3, -0.25) is 15.1 Å². The average molecular weight is 324 g/mol. The van der Waals surface area contributed by atoms with E-state index in [0.29, 0.717) is 11.1 Å². The van der Waals surface area contributed by atoms with E-state index in [2.05, 4.69) is 4.99 Å². The summed E-state index contributed by atoms with van der Waals surface area (Å²) in [5.41, 5.74) is 1.55. The minimum Gasteiger partial charge on any atom is -0.507 e. The number of phenols is 1. The molecule has 0 radical (unpaired) electrons. The molecule has 0 bridgehead atoms. The van der Waals surface area contributed by atoms with Gasteiger partial charge in [0.1, 0.15) is 5.75 Å². The van der Waals surface area contributed by atoms with Crippen LogP contribution in [-0.4, -0.2) is 22.3 Å². The number of hydrogen-bond donors (Lipinski definition) is 1. The fraction of sp³-hybridized carbons (Fsp3) is 0.316. The highest BCUT2D eigenvalue weighted by Gasteiger charge is 2.17. The van der Waals surface area contributed by atoms with Crippen LogP contribution in [0.4, 0.5) is 5.69 Å². The molecule has 0 aliphatic heterocycles. The van der Waals surface area contributed by atoms with Crippen LogP contribution in [0, 0.1) is 10.1 Å².